The van der Waals surface area contributed by atoms with E-state index in [1.165, 1.54) is 5.56 Å². The lowest BCUT2D eigenvalue weighted by Gasteiger charge is -2.24. The maximum atomic E-state index is 12.0. The van der Waals surface area contributed by atoms with Crippen molar-refractivity contribution in [3.05, 3.63) is 35.9 Å². The maximum Gasteiger partial charge on any atom is 0.324 e. The Morgan fingerprint density at radius 2 is 1.85 bits per heavy atom. The van der Waals surface area contributed by atoms with Crippen molar-refractivity contribution >= 4 is 5.97 Å². The summed E-state index contributed by atoms with van der Waals surface area (Å²) in [6.07, 6.45) is 0. The molecule has 0 aliphatic heterocycles. The van der Waals surface area contributed by atoms with Crippen molar-refractivity contribution in [2.24, 2.45) is 0 Å². The molecule has 0 radical (unpaired) electrons. The number of benzene rings is 1. The highest BCUT2D eigenvalue weighted by Gasteiger charge is 2.21. The number of esters is 1. The van der Waals surface area contributed by atoms with Crippen molar-refractivity contribution < 1.29 is 9.53 Å². The van der Waals surface area contributed by atoms with Gasteiger partial charge in [-0.25, -0.2) is 0 Å². The first-order valence-electron chi connectivity index (χ1n) is 7.37. The van der Waals surface area contributed by atoms with Gasteiger partial charge in [-0.1, -0.05) is 44.2 Å². The Bertz CT molecular complexity index is 377. The zero-order chi connectivity index (χ0) is 14.8. The molecule has 0 aromatic heterocycles. The molecule has 0 saturated carbocycles. The van der Waals surface area contributed by atoms with Gasteiger partial charge in [0.1, 0.15) is 6.04 Å². The molecule has 1 aromatic rings. The van der Waals surface area contributed by atoms with Crippen molar-refractivity contribution in [3.8, 4) is 0 Å². The van der Waals surface area contributed by atoms with Gasteiger partial charge in [0.15, 0.2) is 0 Å². The second kappa shape index (κ2) is 9.50. The molecule has 0 bridgehead atoms. The number of carbonyl (C=O) groups excluding carboxylic acids is 1. The molecule has 1 atom stereocenters. The topological polar surface area (TPSA) is 41.6 Å². The molecule has 20 heavy (non-hydrogen) atoms. The normalized spacial score (nSPS) is 12.4. The summed E-state index contributed by atoms with van der Waals surface area (Å²) < 4.78 is 5.15. The summed E-state index contributed by atoms with van der Waals surface area (Å²) in [5.41, 5.74) is 1.17. The van der Waals surface area contributed by atoms with Crippen molar-refractivity contribution in [1.29, 1.82) is 0 Å². The predicted molar refractivity (Wildman–Crippen MR) is 81.5 cm³/mol. The lowest BCUT2D eigenvalue weighted by atomic mass is 10.2. The molecule has 4 nitrogen and oxygen atoms in total. The van der Waals surface area contributed by atoms with Gasteiger partial charge in [-0.2, -0.15) is 0 Å². The van der Waals surface area contributed by atoms with Crippen LogP contribution >= 0.6 is 0 Å². The number of likely N-dealkylation sites (N-methyl/N-ethyl adjacent to an activating group) is 1. The van der Waals surface area contributed by atoms with Gasteiger partial charge in [-0.3, -0.25) is 10.1 Å². The summed E-state index contributed by atoms with van der Waals surface area (Å²) in [6.45, 7) is 9.67. The Labute approximate surface area is 122 Å². The minimum absolute atomic E-state index is 0.171. The molecule has 0 heterocycles. The summed E-state index contributed by atoms with van der Waals surface area (Å²) in [7, 11) is 0. The van der Waals surface area contributed by atoms with E-state index in [2.05, 4.69) is 24.1 Å². The molecule has 0 saturated heterocycles. The molecular weight excluding hydrogens is 252 g/mol. The van der Waals surface area contributed by atoms with E-state index < -0.39 is 0 Å². The molecule has 0 spiro atoms. The average Bonchev–Trinajstić information content (AvgIpc) is 2.49. The first-order chi connectivity index (χ1) is 9.71. The maximum absolute atomic E-state index is 12.0. The number of nitrogens with one attached hydrogen (secondary N) is 1. The number of rotatable bonds is 9. The van der Waals surface area contributed by atoms with Gasteiger partial charge in [0.2, 0.25) is 0 Å². The zero-order valence-electron chi connectivity index (χ0n) is 12.8. The highest BCUT2D eigenvalue weighted by Crippen LogP contribution is 2.01. The Kier molecular flexibility index (Phi) is 7.92. The predicted octanol–water partition coefficient (Wildman–Crippen LogP) is 2.05. The first-order valence-corrected chi connectivity index (χ1v) is 7.37. The van der Waals surface area contributed by atoms with Gasteiger partial charge in [-0.15, -0.1) is 0 Å². The fourth-order valence-corrected chi connectivity index (χ4v) is 2.04. The highest BCUT2D eigenvalue weighted by atomic mass is 16.5. The van der Waals surface area contributed by atoms with E-state index in [0.717, 1.165) is 13.1 Å². The van der Waals surface area contributed by atoms with E-state index in [1.54, 1.807) is 0 Å². The molecule has 4 heteroatoms. The summed E-state index contributed by atoms with van der Waals surface area (Å²) in [5, 5.41) is 3.30. The lowest BCUT2D eigenvalue weighted by molar-refractivity contribution is -0.146. The van der Waals surface area contributed by atoms with Crippen LogP contribution in [-0.2, 0) is 16.1 Å². The minimum Gasteiger partial charge on any atom is -0.465 e. The van der Waals surface area contributed by atoms with Gasteiger partial charge in [0, 0.05) is 13.1 Å². The number of nitrogens with zero attached hydrogens (tertiary/aromatic N) is 1. The summed E-state index contributed by atoms with van der Waals surface area (Å²) in [4.78, 5) is 14.2. The Hall–Kier alpha value is -1.39. The molecule has 0 amide bonds. The molecule has 0 aliphatic carbocycles. The van der Waals surface area contributed by atoms with E-state index in [4.69, 9.17) is 4.74 Å². The van der Waals surface area contributed by atoms with Crippen LogP contribution in [0.15, 0.2) is 30.3 Å². The van der Waals surface area contributed by atoms with E-state index in [9.17, 15) is 4.79 Å². The van der Waals surface area contributed by atoms with Crippen LogP contribution < -0.4 is 5.32 Å². The second-order valence-electron chi connectivity index (χ2n) is 4.66. The van der Waals surface area contributed by atoms with Crippen molar-refractivity contribution in [2.45, 2.75) is 33.4 Å². The number of ether oxygens (including phenoxy) is 1. The lowest BCUT2D eigenvalue weighted by Crippen LogP contribution is -2.46. The van der Waals surface area contributed by atoms with E-state index in [-0.39, 0.29) is 12.0 Å². The van der Waals surface area contributed by atoms with Crippen molar-refractivity contribution in [2.75, 3.05) is 26.2 Å². The zero-order valence-corrected chi connectivity index (χ0v) is 12.8. The Morgan fingerprint density at radius 3 is 2.40 bits per heavy atom. The van der Waals surface area contributed by atoms with Crippen molar-refractivity contribution in [3.63, 3.8) is 0 Å². The molecule has 1 aromatic carbocycles. The van der Waals surface area contributed by atoms with Crippen LogP contribution in [0.3, 0.4) is 0 Å². The highest BCUT2D eigenvalue weighted by molar-refractivity contribution is 5.76. The second-order valence-corrected chi connectivity index (χ2v) is 4.66. The van der Waals surface area contributed by atoms with Crippen LogP contribution in [0.2, 0.25) is 0 Å². The quantitative estimate of drug-likeness (QED) is 0.702. The van der Waals surface area contributed by atoms with Crippen LogP contribution in [0.25, 0.3) is 0 Å². The smallest absolute Gasteiger partial charge is 0.324 e. The fraction of sp³-hybridized carbons (Fsp3) is 0.562. The number of hydrogen-bond acceptors (Lipinski definition) is 4. The monoisotopic (exact) mass is 278 g/mol. The largest absolute Gasteiger partial charge is 0.465 e. The molecule has 112 valence electrons. The van der Waals surface area contributed by atoms with Crippen LogP contribution in [0.4, 0.5) is 0 Å². The van der Waals surface area contributed by atoms with Crippen LogP contribution in [0.5, 0.6) is 0 Å². The minimum atomic E-state index is -0.282. The van der Waals surface area contributed by atoms with Crippen LogP contribution in [0.1, 0.15) is 26.3 Å². The van der Waals surface area contributed by atoms with Crippen molar-refractivity contribution in [1.82, 2.24) is 10.2 Å². The van der Waals surface area contributed by atoms with Crippen LogP contribution in [0, 0.1) is 0 Å². The van der Waals surface area contributed by atoms with E-state index in [1.807, 2.05) is 37.3 Å². The first kappa shape index (κ1) is 16.7. The molecule has 1 rings (SSSR count). The van der Waals surface area contributed by atoms with Gasteiger partial charge >= 0.3 is 5.97 Å². The summed E-state index contributed by atoms with van der Waals surface area (Å²) >= 11 is 0. The molecule has 0 unspecified atom stereocenters. The summed E-state index contributed by atoms with van der Waals surface area (Å²) in [6, 6.07) is 9.80. The number of hydrogen-bond donors (Lipinski definition) is 1. The standard InChI is InChI=1S/C16H26N2O2/c1-4-18(5-2)13-15(16(19)20-6-3)17-12-14-10-8-7-9-11-14/h7-11,15,17H,4-6,12-13H2,1-3H3/t15-/m0/s1. The SMILES string of the molecule is CCOC(=O)[C@H](CN(CC)CC)NCc1ccccc1. The Morgan fingerprint density at radius 1 is 1.20 bits per heavy atom. The van der Waals surface area contributed by atoms with E-state index in [0.29, 0.717) is 19.7 Å². The average molecular weight is 278 g/mol. The third-order valence-corrected chi connectivity index (χ3v) is 3.30. The third kappa shape index (κ3) is 5.72. The van der Waals surface area contributed by atoms with Gasteiger partial charge < -0.3 is 9.64 Å². The summed E-state index contributed by atoms with van der Waals surface area (Å²) in [5.74, 6) is -0.171. The molecular formula is C16H26N2O2. The molecule has 1 N–H and O–H groups in total. The third-order valence-electron chi connectivity index (χ3n) is 3.30. The van der Waals surface area contributed by atoms with Gasteiger partial charge in [0.25, 0.3) is 0 Å². The fourth-order valence-electron chi connectivity index (χ4n) is 2.04. The van der Waals surface area contributed by atoms with Gasteiger partial charge in [-0.05, 0) is 25.6 Å². The van der Waals surface area contributed by atoms with Crippen LogP contribution in [-0.4, -0.2) is 43.2 Å². The molecule has 0 aliphatic rings. The number of carbonyl (C=O) groups is 1. The van der Waals surface area contributed by atoms with Gasteiger partial charge in [0.05, 0.1) is 6.61 Å². The molecule has 0 fully saturated rings. The Balaban J connectivity index is 2.59. The van der Waals surface area contributed by atoms with E-state index >= 15 is 0 Å².